The molecule has 1 aliphatic rings. The zero-order valence-corrected chi connectivity index (χ0v) is 12.8. The van der Waals surface area contributed by atoms with Gasteiger partial charge in [-0.3, -0.25) is 9.88 Å². The van der Waals surface area contributed by atoms with Crippen LogP contribution in [0.25, 0.3) is 0 Å². The summed E-state index contributed by atoms with van der Waals surface area (Å²) >= 11 is 3.52. The molecular formula is C14H22BrN3. The van der Waals surface area contributed by atoms with Gasteiger partial charge in [0.05, 0.1) is 0 Å². The van der Waals surface area contributed by atoms with Gasteiger partial charge in [-0.1, -0.05) is 6.92 Å². The van der Waals surface area contributed by atoms with Crippen LogP contribution in [0.4, 0.5) is 0 Å². The van der Waals surface area contributed by atoms with E-state index >= 15 is 0 Å². The number of aromatic nitrogens is 1. The van der Waals surface area contributed by atoms with Crippen LogP contribution in [0.2, 0.25) is 0 Å². The molecule has 0 radical (unpaired) electrons. The molecule has 3 nitrogen and oxygen atoms in total. The van der Waals surface area contributed by atoms with E-state index in [-0.39, 0.29) is 0 Å². The van der Waals surface area contributed by atoms with Gasteiger partial charge in [0.1, 0.15) is 0 Å². The average molecular weight is 312 g/mol. The van der Waals surface area contributed by atoms with Gasteiger partial charge in [-0.05, 0) is 73.0 Å². The molecule has 0 amide bonds. The molecule has 0 bridgehead atoms. The Morgan fingerprint density at radius 3 is 3.06 bits per heavy atom. The zero-order chi connectivity index (χ0) is 13.0. The molecule has 1 aromatic heterocycles. The first-order valence-corrected chi connectivity index (χ1v) is 7.53. The number of rotatable bonds is 5. The van der Waals surface area contributed by atoms with Crippen LogP contribution in [0.5, 0.6) is 0 Å². The van der Waals surface area contributed by atoms with Gasteiger partial charge in [-0.25, -0.2) is 0 Å². The number of likely N-dealkylation sites (tertiary alicyclic amines) is 1. The van der Waals surface area contributed by atoms with E-state index in [0.717, 1.165) is 17.6 Å². The molecule has 0 saturated carbocycles. The van der Waals surface area contributed by atoms with Gasteiger partial charge in [-0.2, -0.15) is 0 Å². The minimum atomic E-state index is 0.499. The van der Waals surface area contributed by atoms with Crippen molar-refractivity contribution in [3.05, 3.63) is 28.5 Å². The van der Waals surface area contributed by atoms with E-state index in [1.807, 2.05) is 12.4 Å². The summed E-state index contributed by atoms with van der Waals surface area (Å²) in [6.07, 6.45) is 6.32. The van der Waals surface area contributed by atoms with Crippen LogP contribution in [0, 0.1) is 5.92 Å². The Bertz CT molecular complexity index is 383. The Kier molecular flexibility index (Phi) is 5.15. The van der Waals surface area contributed by atoms with Crippen LogP contribution in [0.3, 0.4) is 0 Å². The third-order valence-electron chi connectivity index (χ3n) is 3.67. The van der Waals surface area contributed by atoms with Crippen LogP contribution >= 0.6 is 15.9 Å². The summed E-state index contributed by atoms with van der Waals surface area (Å²) in [5.41, 5.74) is 1.33. The topological polar surface area (TPSA) is 28.2 Å². The second-order valence-corrected chi connectivity index (χ2v) is 6.03. The Morgan fingerprint density at radius 1 is 1.50 bits per heavy atom. The maximum absolute atomic E-state index is 4.30. The minimum absolute atomic E-state index is 0.499. The Morgan fingerprint density at radius 2 is 2.33 bits per heavy atom. The fraction of sp³-hybridized carbons (Fsp3) is 0.643. The smallest absolute Gasteiger partial charge is 0.0410 e. The highest BCUT2D eigenvalue weighted by Gasteiger charge is 2.32. The van der Waals surface area contributed by atoms with Gasteiger partial charge in [0.15, 0.2) is 0 Å². The van der Waals surface area contributed by atoms with Crippen molar-refractivity contribution >= 4 is 15.9 Å². The van der Waals surface area contributed by atoms with Crippen molar-refractivity contribution in [2.75, 3.05) is 26.7 Å². The lowest BCUT2D eigenvalue weighted by Crippen LogP contribution is -2.29. The largest absolute Gasteiger partial charge is 0.316 e. The van der Waals surface area contributed by atoms with Crippen molar-refractivity contribution in [1.29, 1.82) is 0 Å². The summed E-state index contributed by atoms with van der Waals surface area (Å²) in [6, 6.07) is 2.70. The van der Waals surface area contributed by atoms with E-state index in [1.165, 1.54) is 24.9 Å². The number of nitrogens with one attached hydrogen (secondary N) is 1. The standard InChI is InChI=1S/C14H22BrN3/c1-3-5-16-8-11-4-6-18(2)14(11)12-7-13(15)10-17-9-12/h7,9-11,14,16H,3-6,8H2,1-2H3. The molecule has 1 aliphatic heterocycles. The Balaban J connectivity index is 2.07. The molecule has 2 unspecified atom stereocenters. The molecule has 2 rings (SSSR count). The molecule has 4 heteroatoms. The molecule has 1 saturated heterocycles. The van der Waals surface area contributed by atoms with E-state index in [1.54, 1.807) is 0 Å². The van der Waals surface area contributed by atoms with Crippen LogP contribution in [0.1, 0.15) is 31.4 Å². The number of hydrogen-bond acceptors (Lipinski definition) is 3. The van der Waals surface area contributed by atoms with Gasteiger partial charge in [0.2, 0.25) is 0 Å². The Hall–Kier alpha value is -0.450. The first-order chi connectivity index (χ1) is 8.72. The van der Waals surface area contributed by atoms with E-state index in [0.29, 0.717) is 12.0 Å². The first kappa shape index (κ1) is 14.0. The third kappa shape index (κ3) is 3.31. The summed E-state index contributed by atoms with van der Waals surface area (Å²) < 4.78 is 1.07. The van der Waals surface area contributed by atoms with E-state index in [9.17, 15) is 0 Å². The second-order valence-electron chi connectivity index (χ2n) is 5.11. The fourth-order valence-electron chi connectivity index (χ4n) is 2.82. The fourth-order valence-corrected chi connectivity index (χ4v) is 3.20. The second kappa shape index (κ2) is 6.64. The maximum Gasteiger partial charge on any atom is 0.0410 e. The normalized spacial score (nSPS) is 24.6. The lowest BCUT2D eigenvalue weighted by molar-refractivity contribution is 0.271. The lowest BCUT2D eigenvalue weighted by atomic mass is 9.95. The Labute approximate surface area is 118 Å². The lowest BCUT2D eigenvalue weighted by Gasteiger charge is -2.25. The zero-order valence-electron chi connectivity index (χ0n) is 11.2. The van der Waals surface area contributed by atoms with Crippen molar-refractivity contribution in [2.24, 2.45) is 5.92 Å². The molecule has 0 spiro atoms. The maximum atomic E-state index is 4.30. The predicted octanol–water partition coefficient (Wildman–Crippen LogP) is 2.84. The monoisotopic (exact) mass is 311 g/mol. The third-order valence-corrected chi connectivity index (χ3v) is 4.11. The van der Waals surface area contributed by atoms with Crippen LogP contribution < -0.4 is 5.32 Å². The molecule has 1 fully saturated rings. The van der Waals surface area contributed by atoms with Gasteiger partial charge in [0.25, 0.3) is 0 Å². The minimum Gasteiger partial charge on any atom is -0.316 e. The molecule has 18 heavy (non-hydrogen) atoms. The number of hydrogen-bond donors (Lipinski definition) is 1. The van der Waals surface area contributed by atoms with Gasteiger partial charge in [-0.15, -0.1) is 0 Å². The number of halogens is 1. The van der Waals surface area contributed by atoms with Crippen molar-refractivity contribution in [3.63, 3.8) is 0 Å². The molecule has 2 atom stereocenters. The molecule has 1 aromatic rings. The van der Waals surface area contributed by atoms with Crippen LogP contribution in [-0.4, -0.2) is 36.6 Å². The SMILES string of the molecule is CCCNCC1CCN(C)C1c1cncc(Br)c1. The molecule has 100 valence electrons. The average Bonchev–Trinajstić information content (AvgIpc) is 2.71. The van der Waals surface area contributed by atoms with Crippen LogP contribution in [-0.2, 0) is 0 Å². The summed E-state index contributed by atoms with van der Waals surface area (Å²) in [7, 11) is 2.21. The summed E-state index contributed by atoms with van der Waals surface area (Å²) in [5.74, 6) is 0.692. The van der Waals surface area contributed by atoms with Crippen molar-refractivity contribution < 1.29 is 0 Å². The summed E-state index contributed by atoms with van der Waals surface area (Å²) in [5, 5.41) is 3.55. The van der Waals surface area contributed by atoms with E-state index in [4.69, 9.17) is 0 Å². The number of nitrogens with zero attached hydrogens (tertiary/aromatic N) is 2. The summed E-state index contributed by atoms with van der Waals surface area (Å²) in [4.78, 5) is 6.75. The molecule has 0 aliphatic carbocycles. The predicted molar refractivity (Wildman–Crippen MR) is 78.6 cm³/mol. The van der Waals surface area contributed by atoms with Crippen molar-refractivity contribution in [1.82, 2.24) is 15.2 Å². The molecule has 2 heterocycles. The van der Waals surface area contributed by atoms with Gasteiger partial charge < -0.3 is 5.32 Å². The first-order valence-electron chi connectivity index (χ1n) is 6.73. The number of pyridine rings is 1. The highest BCUT2D eigenvalue weighted by molar-refractivity contribution is 9.10. The van der Waals surface area contributed by atoms with Gasteiger partial charge >= 0.3 is 0 Å². The molecule has 0 aromatic carbocycles. The van der Waals surface area contributed by atoms with Gasteiger partial charge in [0, 0.05) is 22.9 Å². The molecule has 1 N–H and O–H groups in total. The molecular weight excluding hydrogens is 290 g/mol. The highest BCUT2D eigenvalue weighted by Crippen LogP contribution is 2.36. The van der Waals surface area contributed by atoms with E-state index in [2.05, 4.69) is 51.2 Å². The summed E-state index contributed by atoms with van der Waals surface area (Å²) in [6.45, 7) is 5.61. The van der Waals surface area contributed by atoms with Crippen LogP contribution in [0.15, 0.2) is 22.9 Å². The van der Waals surface area contributed by atoms with E-state index < -0.39 is 0 Å². The highest BCUT2D eigenvalue weighted by atomic mass is 79.9. The van der Waals surface area contributed by atoms with Crippen molar-refractivity contribution in [3.8, 4) is 0 Å². The quantitative estimate of drug-likeness (QED) is 0.848. The van der Waals surface area contributed by atoms with Crippen molar-refractivity contribution in [2.45, 2.75) is 25.8 Å².